The minimum atomic E-state index is -0.687. The first-order valence-corrected chi connectivity index (χ1v) is 12.4. The predicted octanol–water partition coefficient (Wildman–Crippen LogP) is 5.88. The van der Waals surface area contributed by atoms with Crippen LogP contribution in [0.5, 0.6) is 5.75 Å². The summed E-state index contributed by atoms with van der Waals surface area (Å²) < 4.78 is 20.1. The van der Waals surface area contributed by atoms with Gasteiger partial charge < -0.3 is 18.8 Å². The Morgan fingerprint density at radius 3 is 2.66 bits per heavy atom. The maximum absolute atomic E-state index is 6.51. The van der Waals surface area contributed by atoms with E-state index in [0.29, 0.717) is 23.2 Å². The molecule has 1 saturated heterocycles. The number of nitrogens with zero attached hydrogens (tertiary/aromatic N) is 2. The third-order valence-corrected chi connectivity index (χ3v) is 7.27. The van der Waals surface area contributed by atoms with Crippen molar-refractivity contribution in [2.45, 2.75) is 37.0 Å². The summed E-state index contributed by atoms with van der Waals surface area (Å²) in [6.07, 6.45) is 7.09. The molecule has 0 amide bonds. The zero-order valence-corrected chi connectivity index (χ0v) is 20.2. The molecule has 2 unspecified atom stereocenters. The maximum Gasteiger partial charge on any atom is 0.187 e. The number of hydrogen-bond donors (Lipinski definition) is 0. The standard InChI is InChI=1S/C24H26Cl2N2O3S/c1-29-19-7-5-18(6-8-19)9-10-24(16-28-12-11-27-17-28)30-13-20(31-24)14-32-15-21-22(25)3-2-4-23(21)26/h2-8,11-12,17,20H,9-10,13-16H2,1H3. The Hall–Kier alpha value is -1.70. The predicted molar refractivity (Wildman–Crippen MR) is 130 cm³/mol. The number of imidazole rings is 1. The smallest absolute Gasteiger partial charge is 0.187 e. The van der Waals surface area contributed by atoms with Gasteiger partial charge in [0, 0.05) is 40.4 Å². The van der Waals surface area contributed by atoms with Gasteiger partial charge >= 0.3 is 0 Å². The van der Waals surface area contributed by atoms with Gasteiger partial charge in [-0.2, -0.15) is 11.8 Å². The first-order chi connectivity index (χ1) is 15.6. The molecule has 1 aliphatic heterocycles. The van der Waals surface area contributed by atoms with E-state index in [1.807, 2.05) is 41.1 Å². The third-order valence-electron chi connectivity index (χ3n) is 5.46. The van der Waals surface area contributed by atoms with Crippen LogP contribution in [0.3, 0.4) is 0 Å². The molecule has 2 heterocycles. The molecule has 170 valence electrons. The van der Waals surface area contributed by atoms with E-state index in [9.17, 15) is 0 Å². The summed E-state index contributed by atoms with van der Waals surface area (Å²) in [5.41, 5.74) is 2.18. The molecule has 0 aliphatic carbocycles. The molecule has 0 radical (unpaired) electrons. The zero-order chi connectivity index (χ0) is 22.4. The van der Waals surface area contributed by atoms with Crippen molar-refractivity contribution in [1.29, 1.82) is 0 Å². The molecular weight excluding hydrogens is 467 g/mol. The van der Waals surface area contributed by atoms with Crippen LogP contribution in [-0.4, -0.2) is 40.9 Å². The molecule has 4 rings (SSSR count). The number of ether oxygens (including phenoxy) is 3. The number of hydrogen-bond acceptors (Lipinski definition) is 5. The Morgan fingerprint density at radius 1 is 1.19 bits per heavy atom. The van der Waals surface area contributed by atoms with Gasteiger partial charge in [0.05, 0.1) is 32.7 Å². The summed E-state index contributed by atoms with van der Waals surface area (Å²) in [7, 11) is 1.67. The lowest BCUT2D eigenvalue weighted by Gasteiger charge is -2.28. The van der Waals surface area contributed by atoms with Crippen LogP contribution < -0.4 is 4.74 Å². The highest BCUT2D eigenvalue weighted by Crippen LogP contribution is 2.34. The van der Waals surface area contributed by atoms with Crippen LogP contribution >= 0.6 is 35.0 Å². The molecule has 1 aliphatic rings. The summed E-state index contributed by atoms with van der Waals surface area (Å²) >= 11 is 14.3. The highest BCUT2D eigenvalue weighted by molar-refractivity contribution is 7.98. The van der Waals surface area contributed by atoms with E-state index in [2.05, 4.69) is 17.1 Å². The molecule has 1 fully saturated rings. The molecule has 0 bridgehead atoms. The molecule has 0 spiro atoms. The normalized spacial score (nSPS) is 20.5. The van der Waals surface area contributed by atoms with Gasteiger partial charge in [0.25, 0.3) is 0 Å². The van der Waals surface area contributed by atoms with E-state index in [0.717, 1.165) is 35.7 Å². The second kappa shape index (κ2) is 10.9. The highest BCUT2D eigenvalue weighted by atomic mass is 35.5. The Bertz CT molecular complexity index is 981. The van der Waals surface area contributed by atoms with Crippen LogP contribution in [0.4, 0.5) is 0 Å². The zero-order valence-electron chi connectivity index (χ0n) is 17.9. The summed E-state index contributed by atoms with van der Waals surface area (Å²) in [5.74, 6) is 1.70. The first kappa shape index (κ1) is 23.5. The van der Waals surface area contributed by atoms with Crippen LogP contribution in [0.1, 0.15) is 17.5 Å². The molecule has 32 heavy (non-hydrogen) atoms. The van der Waals surface area contributed by atoms with E-state index in [4.69, 9.17) is 37.4 Å². The number of rotatable bonds is 10. The van der Waals surface area contributed by atoms with Gasteiger partial charge in [0.1, 0.15) is 5.75 Å². The molecule has 5 nitrogen and oxygen atoms in total. The molecule has 2 atom stereocenters. The van der Waals surface area contributed by atoms with Crippen molar-refractivity contribution in [3.05, 3.63) is 82.4 Å². The average molecular weight is 493 g/mol. The molecule has 1 aromatic heterocycles. The maximum atomic E-state index is 6.51. The second-order valence-electron chi connectivity index (χ2n) is 7.76. The molecule has 8 heteroatoms. The van der Waals surface area contributed by atoms with E-state index in [1.165, 1.54) is 5.56 Å². The second-order valence-corrected chi connectivity index (χ2v) is 9.60. The fraction of sp³-hybridized carbons (Fsp3) is 0.375. The number of halogens is 2. The number of aryl methyl sites for hydroxylation is 1. The number of aromatic nitrogens is 2. The lowest BCUT2D eigenvalue weighted by Crippen LogP contribution is -2.37. The largest absolute Gasteiger partial charge is 0.497 e. The number of benzene rings is 2. The lowest BCUT2D eigenvalue weighted by molar-refractivity contribution is -0.180. The molecular formula is C24H26Cl2N2O3S. The van der Waals surface area contributed by atoms with E-state index in [-0.39, 0.29) is 6.10 Å². The fourth-order valence-corrected chi connectivity index (χ4v) is 5.49. The topological polar surface area (TPSA) is 45.5 Å². The monoisotopic (exact) mass is 492 g/mol. The SMILES string of the molecule is COc1ccc(CCC2(Cn3ccnc3)OCC(CSCc3c(Cl)cccc3Cl)O2)cc1. The van der Waals surface area contributed by atoms with Gasteiger partial charge in [-0.15, -0.1) is 0 Å². The molecule has 0 saturated carbocycles. The summed E-state index contributed by atoms with van der Waals surface area (Å²) in [6, 6.07) is 13.7. The Labute approximate surface area is 203 Å². The van der Waals surface area contributed by atoms with Crippen molar-refractivity contribution < 1.29 is 14.2 Å². The van der Waals surface area contributed by atoms with Gasteiger partial charge in [-0.3, -0.25) is 0 Å². The van der Waals surface area contributed by atoms with Crippen LogP contribution in [-0.2, 0) is 28.2 Å². The van der Waals surface area contributed by atoms with E-state index < -0.39 is 5.79 Å². The Balaban J connectivity index is 1.37. The minimum absolute atomic E-state index is 0.000604. The van der Waals surface area contributed by atoms with Crippen molar-refractivity contribution in [3.63, 3.8) is 0 Å². The fourth-order valence-electron chi connectivity index (χ4n) is 3.74. The van der Waals surface area contributed by atoms with Crippen LogP contribution in [0.25, 0.3) is 0 Å². The highest BCUT2D eigenvalue weighted by Gasteiger charge is 2.41. The van der Waals surface area contributed by atoms with Crippen LogP contribution in [0.2, 0.25) is 10.0 Å². The van der Waals surface area contributed by atoms with Gasteiger partial charge in [0.2, 0.25) is 0 Å². The van der Waals surface area contributed by atoms with E-state index in [1.54, 1.807) is 31.4 Å². The van der Waals surface area contributed by atoms with Crippen LogP contribution in [0.15, 0.2) is 61.2 Å². The van der Waals surface area contributed by atoms with Crippen molar-refractivity contribution in [2.24, 2.45) is 0 Å². The van der Waals surface area contributed by atoms with Gasteiger partial charge in [-0.05, 0) is 41.8 Å². The Morgan fingerprint density at radius 2 is 1.97 bits per heavy atom. The van der Waals surface area contributed by atoms with Gasteiger partial charge in [0.15, 0.2) is 5.79 Å². The third kappa shape index (κ3) is 6.00. The van der Waals surface area contributed by atoms with Crippen molar-refractivity contribution >= 4 is 35.0 Å². The van der Waals surface area contributed by atoms with Crippen molar-refractivity contribution in [3.8, 4) is 5.75 Å². The quantitative estimate of drug-likeness (QED) is 0.353. The average Bonchev–Trinajstić information content (AvgIpc) is 3.45. The summed E-state index contributed by atoms with van der Waals surface area (Å²) in [6.45, 7) is 1.15. The molecule has 0 N–H and O–H groups in total. The van der Waals surface area contributed by atoms with Crippen molar-refractivity contribution in [2.75, 3.05) is 19.5 Å². The number of methoxy groups -OCH3 is 1. The van der Waals surface area contributed by atoms with Gasteiger partial charge in [-0.25, -0.2) is 4.98 Å². The molecule has 2 aromatic carbocycles. The molecule has 3 aromatic rings. The van der Waals surface area contributed by atoms with Gasteiger partial charge in [-0.1, -0.05) is 41.4 Å². The Kier molecular flexibility index (Phi) is 8.02. The summed E-state index contributed by atoms with van der Waals surface area (Å²) in [5, 5.41) is 1.39. The lowest BCUT2D eigenvalue weighted by atomic mass is 10.0. The minimum Gasteiger partial charge on any atom is -0.497 e. The summed E-state index contributed by atoms with van der Waals surface area (Å²) in [4.78, 5) is 4.16. The van der Waals surface area contributed by atoms with E-state index >= 15 is 0 Å². The van der Waals surface area contributed by atoms with Crippen LogP contribution in [0, 0.1) is 0 Å². The number of thioether (sulfide) groups is 1. The first-order valence-electron chi connectivity index (χ1n) is 10.5. The van der Waals surface area contributed by atoms with Crippen molar-refractivity contribution in [1.82, 2.24) is 9.55 Å².